The van der Waals surface area contributed by atoms with Crippen molar-refractivity contribution in [2.75, 3.05) is 20.1 Å². The van der Waals surface area contributed by atoms with Gasteiger partial charge in [0.2, 0.25) is 0 Å². The van der Waals surface area contributed by atoms with Crippen LogP contribution in [0.15, 0.2) is 18.2 Å². The Balaban J connectivity index is 1.85. The lowest BCUT2D eigenvalue weighted by Crippen LogP contribution is -2.35. The molecule has 3 nitrogen and oxygen atoms in total. The summed E-state index contributed by atoms with van der Waals surface area (Å²) in [5.41, 5.74) is 3.22. The highest BCUT2D eigenvalue weighted by Crippen LogP contribution is 2.14. The van der Waals surface area contributed by atoms with Gasteiger partial charge in [-0.05, 0) is 56.6 Å². The summed E-state index contributed by atoms with van der Waals surface area (Å²) in [6.07, 6.45) is 2.62. The van der Waals surface area contributed by atoms with Gasteiger partial charge >= 0.3 is 0 Å². The number of rotatable bonds is 4. The maximum Gasteiger partial charge on any atom is 0.0991 e. The first-order chi connectivity index (χ1) is 8.70. The molecule has 0 saturated carbocycles. The van der Waals surface area contributed by atoms with Crippen LogP contribution in [0.4, 0.5) is 0 Å². The van der Waals surface area contributed by atoms with Crippen molar-refractivity contribution in [3.63, 3.8) is 0 Å². The predicted molar refractivity (Wildman–Crippen MR) is 73.3 cm³/mol. The first-order valence-corrected chi connectivity index (χ1v) is 6.61. The Bertz CT molecular complexity index is 448. The number of benzene rings is 1. The van der Waals surface area contributed by atoms with Gasteiger partial charge in [0, 0.05) is 19.1 Å². The van der Waals surface area contributed by atoms with Gasteiger partial charge in [-0.15, -0.1) is 0 Å². The number of aryl methyl sites for hydroxylation is 1. The molecule has 0 aliphatic carbocycles. The Labute approximate surface area is 109 Å². The van der Waals surface area contributed by atoms with Gasteiger partial charge in [0.25, 0.3) is 0 Å². The Hall–Kier alpha value is -1.37. The van der Waals surface area contributed by atoms with E-state index in [2.05, 4.69) is 36.3 Å². The van der Waals surface area contributed by atoms with Crippen molar-refractivity contribution in [3.05, 3.63) is 34.9 Å². The molecule has 1 saturated heterocycles. The molecule has 0 amide bonds. The molecule has 1 aliphatic rings. The third kappa shape index (κ3) is 3.10. The van der Waals surface area contributed by atoms with Crippen LogP contribution in [-0.2, 0) is 6.54 Å². The second-order valence-electron chi connectivity index (χ2n) is 5.16. The number of nitrogens with zero attached hydrogens (tertiary/aromatic N) is 2. The Morgan fingerprint density at radius 1 is 1.50 bits per heavy atom. The maximum atomic E-state index is 8.83. The Kier molecular flexibility index (Phi) is 4.35. The summed E-state index contributed by atoms with van der Waals surface area (Å²) in [5, 5.41) is 12.4. The molecule has 18 heavy (non-hydrogen) atoms. The molecule has 1 atom stereocenters. The van der Waals surface area contributed by atoms with Gasteiger partial charge in [-0.3, -0.25) is 0 Å². The van der Waals surface area contributed by atoms with E-state index >= 15 is 0 Å². The molecule has 1 N–H and O–H groups in total. The summed E-state index contributed by atoms with van der Waals surface area (Å²) in [6, 6.07) is 8.76. The monoisotopic (exact) mass is 243 g/mol. The lowest BCUT2D eigenvalue weighted by molar-refractivity contribution is 0.300. The van der Waals surface area contributed by atoms with Crippen LogP contribution in [-0.4, -0.2) is 31.1 Å². The Morgan fingerprint density at radius 2 is 2.33 bits per heavy atom. The van der Waals surface area contributed by atoms with Gasteiger partial charge in [0.1, 0.15) is 0 Å². The van der Waals surface area contributed by atoms with E-state index < -0.39 is 0 Å². The number of likely N-dealkylation sites (N-methyl/N-ethyl adjacent to an activating group) is 1. The fourth-order valence-electron chi connectivity index (χ4n) is 2.57. The van der Waals surface area contributed by atoms with Crippen molar-refractivity contribution >= 4 is 0 Å². The van der Waals surface area contributed by atoms with Crippen LogP contribution in [0.25, 0.3) is 0 Å². The van der Waals surface area contributed by atoms with Gasteiger partial charge in [0.15, 0.2) is 0 Å². The van der Waals surface area contributed by atoms with Crippen LogP contribution in [0.3, 0.4) is 0 Å². The predicted octanol–water partition coefficient (Wildman–Crippen LogP) is 2.05. The highest BCUT2D eigenvalue weighted by Gasteiger charge is 2.19. The number of hydrogen-bond donors (Lipinski definition) is 1. The summed E-state index contributed by atoms with van der Waals surface area (Å²) in [7, 11) is 2.20. The molecular weight excluding hydrogens is 222 g/mol. The third-order valence-corrected chi connectivity index (χ3v) is 3.84. The van der Waals surface area contributed by atoms with Crippen LogP contribution in [0.2, 0.25) is 0 Å². The molecule has 96 valence electrons. The molecule has 1 unspecified atom stereocenters. The van der Waals surface area contributed by atoms with Crippen molar-refractivity contribution in [1.29, 1.82) is 5.26 Å². The molecular formula is C15H21N3. The average Bonchev–Trinajstić information content (AvgIpc) is 2.77. The van der Waals surface area contributed by atoms with Crippen molar-refractivity contribution in [2.45, 2.75) is 32.4 Å². The van der Waals surface area contributed by atoms with E-state index in [1.165, 1.54) is 30.5 Å². The average molecular weight is 243 g/mol. The topological polar surface area (TPSA) is 39.1 Å². The fourth-order valence-corrected chi connectivity index (χ4v) is 2.57. The SMILES string of the molecule is Cc1cc(C#N)ccc1CNCC1CCCN1C. The van der Waals surface area contributed by atoms with E-state index in [0.29, 0.717) is 6.04 Å². The third-order valence-electron chi connectivity index (χ3n) is 3.84. The number of nitrogens with one attached hydrogen (secondary N) is 1. The number of hydrogen-bond acceptors (Lipinski definition) is 3. The van der Waals surface area contributed by atoms with E-state index in [-0.39, 0.29) is 0 Å². The van der Waals surface area contributed by atoms with Crippen LogP contribution >= 0.6 is 0 Å². The summed E-state index contributed by atoms with van der Waals surface area (Å²) in [4.78, 5) is 2.43. The first kappa shape index (κ1) is 13.1. The minimum absolute atomic E-state index is 0.684. The van der Waals surface area contributed by atoms with Gasteiger partial charge in [0.05, 0.1) is 11.6 Å². The van der Waals surface area contributed by atoms with Crippen molar-refractivity contribution in [1.82, 2.24) is 10.2 Å². The second-order valence-corrected chi connectivity index (χ2v) is 5.16. The molecule has 1 fully saturated rings. The standard InChI is InChI=1S/C15H21N3/c1-12-8-13(9-16)5-6-14(12)10-17-11-15-4-3-7-18(15)2/h5-6,8,15,17H,3-4,7,10-11H2,1-2H3. The van der Waals surface area contributed by atoms with Gasteiger partial charge in [-0.2, -0.15) is 5.26 Å². The summed E-state index contributed by atoms with van der Waals surface area (Å²) in [5.74, 6) is 0. The van der Waals surface area contributed by atoms with Gasteiger partial charge < -0.3 is 10.2 Å². The molecule has 1 aromatic rings. The van der Waals surface area contributed by atoms with Gasteiger partial charge in [-0.25, -0.2) is 0 Å². The zero-order valence-corrected chi connectivity index (χ0v) is 11.2. The maximum absolute atomic E-state index is 8.83. The smallest absolute Gasteiger partial charge is 0.0991 e. The molecule has 0 spiro atoms. The van der Waals surface area contributed by atoms with Crippen molar-refractivity contribution in [2.24, 2.45) is 0 Å². The molecule has 0 radical (unpaired) electrons. The van der Waals surface area contributed by atoms with Crippen LogP contribution in [0.5, 0.6) is 0 Å². The van der Waals surface area contributed by atoms with E-state index in [1.807, 2.05) is 12.1 Å². The lowest BCUT2D eigenvalue weighted by atomic mass is 10.1. The first-order valence-electron chi connectivity index (χ1n) is 6.61. The molecule has 0 aromatic heterocycles. The summed E-state index contributed by atoms with van der Waals surface area (Å²) >= 11 is 0. The van der Waals surface area contributed by atoms with Crippen molar-refractivity contribution in [3.8, 4) is 6.07 Å². The molecule has 3 heteroatoms. The van der Waals surface area contributed by atoms with Crippen LogP contribution < -0.4 is 5.32 Å². The number of nitriles is 1. The van der Waals surface area contributed by atoms with Crippen LogP contribution in [0.1, 0.15) is 29.5 Å². The normalized spacial score (nSPS) is 19.9. The van der Waals surface area contributed by atoms with E-state index in [9.17, 15) is 0 Å². The minimum atomic E-state index is 0.684. The Morgan fingerprint density at radius 3 is 2.94 bits per heavy atom. The zero-order chi connectivity index (χ0) is 13.0. The lowest BCUT2D eigenvalue weighted by Gasteiger charge is -2.20. The fraction of sp³-hybridized carbons (Fsp3) is 0.533. The van der Waals surface area contributed by atoms with Gasteiger partial charge in [-0.1, -0.05) is 6.07 Å². The zero-order valence-electron chi connectivity index (χ0n) is 11.2. The molecule has 2 rings (SSSR count). The molecule has 1 heterocycles. The number of likely N-dealkylation sites (tertiary alicyclic amines) is 1. The summed E-state index contributed by atoms with van der Waals surface area (Å²) in [6.45, 7) is 5.24. The molecule has 1 aromatic carbocycles. The van der Waals surface area contributed by atoms with E-state index in [0.717, 1.165) is 18.7 Å². The van der Waals surface area contributed by atoms with Crippen molar-refractivity contribution < 1.29 is 0 Å². The summed E-state index contributed by atoms with van der Waals surface area (Å²) < 4.78 is 0. The quantitative estimate of drug-likeness (QED) is 0.879. The highest BCUT2D eigenvalue weighted by molar-refractivity contribution is 5.37. The van der Waals surface area contributed by atoms with E-state index in [4.69, 9.17) is 5.26 Å². The molecule has 0 bridgehead atoms. The minimum Gasteiger partial charge on any atom is -0.311 e. The second kappa shape index (κ2) is 5.99. The molecule has 1 aliphatic heterocycles. The highest BCUT2D eigenvalue weighted by atomic mass is 15.2. The largest absolute Gasteiger partial charge is 0.311 e. The van der Waals surface area contributed by atoms with E-state index in [1.54, 1.807) is 0 Å². The van der Waals surface area contributed by atoms with Crippen LogP contribution in [0, 0.1) is 18.3 Å².